The van der Waals surface area contributed by atoms with E-state index in [1.54, 1.807) is 27.4 Å². The lowest BCUT2D eigenvalue weighted by molar-refractivity contribution is 0.131. The lowest BCUT2D eigenvalue weighted by atomic mass is 9.88. The highest BCUT2D eigenvalue weighted by molar-refractivity contribution is 5.69. The van der Waals surface area contributed by atoms with E-state index in [1.807, 2.05) is 6.07 Å². The van der Waals surface area contributed by atoms with E-state index in [0.717, 1.165) is 11.1 Å². The maximum absolute atomic E-state index is 10.3. The normalized spacial score (nSPS) is 18.8. The second-order valence-corrected chi connectivity index (χ2v) is 6.40. The summed E-state index contributed by atoms with van der Waals surface area (Å²) in [6.07, 6.45) is -0.368. The van der Waals surface area contributed by atoms with Crippen molar-refractivity contribution in [3.8, 4) is 46.0 Å². The van der Waals surface area contributed by atoms with Gasteiger partial charge in [-0.1, -0.05) is 0 Å². The van der Waals surface area contributed by atoms with Crippen LogP contribution in [0.3, 0.4) is 0 Å². The first-order valence-electron chi connectivity index (χ1n) is 8.69. The minimum Gasteiger partial charge on any atom is -0.504 e. The van der Waals surface area contributed by atoms with Gasteiger partial charge in [0.1, 0.15) is 6.10 Å². The Labute approximate surface area is 162 Å². The van der Waals surface area contributed by atoms with Crippen molar-refractivity contribution >= 4 is 0 Å². The zero-order chi connectivity index (χ0) is 20.0. The fourth-order valence-electron chi connectivity index (χ4n) is 3.92. The molecule has 2 aromatic rings. The zero-order valence-electron chi connectivity index (χ0n) is 16.3. The summed E-state index contributed by atoms with van der Waals surface area (Å²) >= 11 is 0. The largest absolute Gasteiger partial charge is 0.504 e. The molecule has 2 heterocycles. The SMILES string of the molecule is COc1cc2c(c(OC)c1OC)OC[C@@H]1c3cc(O)c(OC)c(OC)c3O[C@@H]21. The number of benzene rings is 2. The molecule has 2 aliphatic heterocycles. The minimum atomic E-state index is -0.368. The van der Waals surface area contributed by atoms with Gasteiger partial charge in [-0.3, -0.25) is 0 Å². The third-order valence-electron chi connectivity index (χ3n) is 5.14. The Kier molecular flexibility index (Phi) is 4.41. The number of rotatable bonds is 5. The maximum Gasteiger partial charge on any atom is 0.207 e. The van der Waals surface area contributed by atoms with Crippen molar-refractivity contribution in [2.75, 3.05) is 42.2 Å². The fourth-order valence-corrected chi connectivity index (χ4v) is 3.92. The number of ether oxygens (including phenoxy) is 7. The van der Waals surface area contributed by atoms with Crippen LogP contribution in [0, 0.1) is 0 Å². The summed E-state index contributed by atoms with van der Waals surface area (Å²) in [7, 11) is 7.61. The van der Waals surface area contributed by atoms with Crippen LogP contribution in [0.5, 0.6) is 46.0 Å². The number of aromatic hydroxyl groups is 1. The van der Waals surface area contributed by atoms with E-state index in [9.17, 15) is 5.11 Å². The highest BCUT2D eigenvalue weighted by atomic mass is 16.6. The Bertz CT molecular complexity index is 923. The van der Waals surface area contributed by atoms with Gasteiger partial charge < -0.3 is 38.3 Å². The van der Waals surface area contributed by atoms with Crippen LogP contribution in [-0.4, -0.2) is 47.3 Å². The standard InChI is InChI=1S/C20H22O8/c1-22-13-7-10-14-11(8-27-15(10)19(25-4)18(13)24-3)9-6-12(21)17(23-2)20(26-5)16(9)28-14/h6-7,11,14,21H,8H2,1-5H3/t11-,14+/m1/s1. The van der Waals surface area contributed by atoms with Gasteiger partial charge in [0.05, 0.1) is 48.1 Å². The van der Waals surface area contributed by atoms with Crippen molar-refractivity contribution in [3.63, 3.8) is 0 Å². The van der Waals surface area contributed by atoms with Gasteiger partial charge in [0, 0.05) is 11.1 Å². The number of phenols is 1. The highest BCUT2D eigenvalue weighted by Gasteiger charge is 2.45. The van der Waals surface area contributed by atoms with Crippen molar-refractivity contribution in [2.45, 2.75) is 12.0 Å². The van der Waals surface area contributed by atoms with Gasteiger partial charge in [-0.2, -0.15) is 0 Å². The Morgan fingerprint density at radius 2 is 1.43 bits per heavy atom. The molecule has 1 N–H and O–H groups in total. The molecule has 0 saturated heterocycles. The molecule has 0 spiro atoms. The maximum atomic E-state index is 10.3. The van der Waals surface area contributed by atoms with E-state index >= 15 is 0 Å². The molecule has 150 valence electrons. The molecule has 2 aromatic carbocycles. The average molecular weight is 390 g/mol. The van der Waals surface area contributed by atoms with Gasteiger partial charge in [-0.15, -0.1) is 0 Å². The third-order valence-corrected chi connectivity index (χ3v) is 5.14. The van der Waals surface area contributed by atoms with Crippen molar-refractivity contribution in [3.05, 3.63) is 23.3 Å². The minimum absolute atomic E-state index is 0.0157. The zero-order valence-corrected chi connectivity index (χ0v) is 16.3. The molecule has 8 heteroatoms. The van der Waals surface area contributed by atoms with E-state index in [4.69, 9.17) is 33.2 Å². The first kappa shape index (κ1) is 18.2. The Balaban J connectivity index is 1.88. The summed E-state index contributed by atoms with van der Waals surface area (Å²) in [6, 6.07) is 3.46. The molecule has 0 unspecified atom stereocenters. The van der Waals surface area contributed by atoms with E-state index < -0.39 is 0 Å². The molecule has 28 heavy (non-hydrogen) atoms. The number of methoxy groups -OCH3 is 5. The van der Waals surface area contributed by atoms with E-state index in [2.05, 4.69) is 0 Å². The van der Waals surface area contributed by atoms with E-state index in [0.29, 0.717) is 41.1 Å². The Morgan fingerprint density at radius 3 is 2.04 bits per heavy atom. The van der Waals surface area contributed by atoms with Crippen LogP contribution in [0.2, 0.25) is 0 Å². The summed E-state index contributed by atoms with van der Waals surface area (Å²) in [5.74, 6) is 2.90. The van der Waals surface area contributed by atoms with Crippen LogP contribution in [0.1, 0.15) is 23.1 Å². The number of hydrogen-bond donors (Lipinski definition) is 1. The summed E-state index contributed by atoms with van der Waals surface area (Å²) < 4.78 is 39.5. The molecule has 0 fully saturated rings. The van der Waals surface area contributed by atoms with Crippen molar-refractivity contribution in [1.29, 1.82) is 0 Å². The topological polar surface area (TPSA) is 84.8 Å². The summed E-state index contributed by atoms with van der Waals surface area (Å²) in [6.45, 7) is 0.339. The van der Waals surface area contributed by atoms with Gasteiger partial charge in [0.25, 0.3) is 0 Å². The predicted octanol–water partition coefficient (Wildman–Crippen LogP) is 3.04. The lowest BCUT2D eigenvalue weighted by Crippen LogP contribution is -2.23. The van der Waals surface area contributed by atoms with Crippen LogP contribution in [0.4, 0.5) is 0 Å². The van der Waals surface area contributed by atoms with Gasteiger partial charge in [-0.05, 0) is 12.1 Å². The van der Waals surface area contributed by atoms with Gasteiger partial charge >= 0.3 is 0 Å². The van der Waals surface area contributed by atoms with Crippen LogP contribution < -0.4 is 33.2 Å². The van der Waals surface area contributed by atoms with Crippen LogP contribution in [0.15, 0.2) is 12.1 Å². The Morgan fingerprint density at radius 1 is 0.786 bits per heavy atom. The average Bonchev–Trinajstić information content (AvgIpc) is 3.09. The molecular formula is C20H22O8. The van der Waals surface area contributed by atoms with E-state index in [-0.39, 0.29) is 23.5 Å². The molecule has 8 nitrogen and oxygen atoms in total. The molecule has 0 saturated carbocycles. The number of fused-ring (bicyclic) bond motifs is 5. The smallest absolute Gasteiger partial charge is 0.207 e. The molecule has 4 rings (SSSR count). The highest BCUT2D eigenvalue weighted by Crippen LogP contribution is 2.61. The summed E-state index contributed by atoms with van der Waals surface area (Å²) in [5.41, 5.74) is 1.56. The van der Waals surface area contributed by atoms with Crippen molar-refractivity contribution < 1.29 is 38.3 Å². The first-order chi connectivity index (χ1) is 13.6. The second kappa shape index (κ2) is 6.78. The van der Waals surface area contributed by atoms with E-state index in [1.165, 1.54) is 14.2 Å². The first-order valence-corrected chi connectivity index (χ1v) is 8.69. The van der Waals surface area contributed by atoms with Crippen LogP contribution in [-0.2, 0) is 0 Å². The fraction of sp³-hybridized carbons (Fsp3) is 0.400. The summed E-state index contributed by atoms with van der Waals surface area (Å²) in [5, 5.41) is 10.3. The Hall–Kier alpha value is -3.16. The lowest BCUT2D eigenvalue weighted by Gasteiger charge is -2.30. The van der Waals surface area contributed by atoms with Crippen LogP contribution in [0.25, 0.3) is 0 Å². The monoisotopic (exact) mass is 390 g/mol. The number of hydrogen-bond acceptors (Lipinski definition) is 8. The molecule has 0 bridgehead atoms. The second-order valence-electron chi connectivity index (χ2n) is 6.40. The quantitative estimate of drug-likeness (QED) is 0.834. The molecule has 0 amide bonds. The molecule has 0 aliphatic carbocycles. The van der Waals surface area contributed by atoms with Gasteiger partial charge in [-0.25, -0.2) is 0 Å². The van der Waals surface area contributed by atoms with Crippen molar-refractivity contribution in [2.24, 2.45) is 0 Å². The van der Waals surface area contributed by atoms with Crippen LogP contribution >= 0.6 is 0 Å². The summed E-state index contributed by atoms with van der Waals surface area (Å²) in [4.78, 5) is 0. The molecule has 2 aliphatic rings. The number of phenolic OH excluding ortho intramolecular Hbond substituents is 1. The molecule has 2 atom stereocenters. The molecule has 0 radical (unpaired) electrons. The predicted molar refractivity (Wildman–Crippen MR) is 98.9 cm³/mol. The molecule has 0 aromatic heterocycles. The van der Waals surface area contributed by atoms with Gasteiger partial charge in [0.15, 0.2) is 23.0 Å². The third kappa shape index (κ3) is 2.37. The van der Waals surface area contributed by atoms with Gasteiger partial charge in [0.2, 0.25) is 23.0 Å². The van der Waals surface area contributed by atoms with Crippen molar-refractivity contribution in [1.82, 2.24) is 0 Å². The molecular weight excluding hydrogens is 368 g/mol.